The molecular weight excluding hydrogens is 240 g/mol. The van der Waals surface area contributed by atoms with Crippen LogP contribution < -0.4 is 5.73 Å². The van der Waals surface area contributed by atoms with E-state index >= 15 is 0 Å². The van der Waals surface area contributed by atoms with E-state index in [0.29, 0.717) is 5.32 Å². The fourth-order valence-corrected chi connectivity index (χ4v) is 1.65. The molecule has 0 unspecified atom stereocenters. The fourth-order valence-electron chi connectivity index (χ4n) is 0.146. The zero-order valence-corrected chi connectivity index (χ0v) is 7.83. The molecule has 5 heteroatoms. The van der Waals surface area contributed by atoms with Crippen molar-refractivity contribution in [1.82, 2.24) is 0 Å². The number of carbonyl (C=O) groups excluding carboxylic acids is 1. The SMILES string of the molecule is N[C@@H](C[SeH])C(=O)[SeH]=O. The molecule has 0 amide bonds. The van der Waals surface area contributed by atoms with E-state index in [2.05, 4.69) is 16.0 Å². The third kappa shape index (κ3) is 2.70. The van der Waals surface area contributed by atoms with Crippen molar-refractivity contribution in [1.29, 1.82) is 0 Å². The van der Waals surface area contributed by atoms with Gasteiger partial charge in [-0.1, -0.05) is 0 Å². The van der Waals surface area contributed by atoms with Gasteiger partial charge in [-0.25, -0.2) is 0 Å². The summed E-state index contributed by atoms with van der Waals surface area (Å²) in [5.74, 6) is 0. The van der Waals surface area contributed by atoms with Crippen LogP contribution in [-0.2, 0) is 8.63 Å². The summed E-state index contributed by atoms with van der Waals surface area (Å²) < 4.78 is 9.57. The maximum absolute atomic E-state index is 10.3. The van der Waals surface area contributed by atoms with E-state index in [1.807, 2.05) is 0 Å². The van der Waals surface area contributed by atoms with E-state index in [1.54, 1.807) is 0 Å². The van der Waals surface area contributed by atoms with Crippen molar-refractivity contribution in [3.05, 3.63) is 0 Å². The van der Waals surface area contributed by atoms with Crippen LogP contribution in [0.5, 0.6) is 0 Å². The fraction of sp³-hybridized carbons (Fsp3) is 0.667. The molecule has 0 heterocycles. The Balaban J connectivity index is 3.62. The number of rotatable bonds is 3. The van der Waals surface area contributed by atoms with Crippen LogP contribution >= 0.6 is 0 Å². The molecule has 0 aromatic rings. The topological polar surface area (TPSA) is 60.2 Å². The normalized spacial score (nSPS) is 13.2. The first-order valence-corrected chi connectivity index (χ1v) is 4.99. The average molecular weight is 247 g/mol. The third-order valence-electron chi connectivity index (χ3n) is 0.604. The second kappa shape index (κ2) is 4.36. The van der Waals surface area contributed by atoms with Gasteiger partial charge in [-0.3, -0.25) is 0 Å². The number of hydrogen-bond donors (Lipinski definition) is 1. The predicted octanol–water partition coefficient (Wildman–Crippen LogP) is -2.06. The summed E-state index contributed by atoms with van der Waals surface area (Å²) in [6.07, 6.45) is 0. The molecule has 0 aromatic heterocycles. The Morgan fingerprint density at radius 1 is 1.88 bits per heavy atom. The molecule has 3 nitrogen and oxygen atoms in total. The summed E-state index contributed by atoms with van der Waals surface area (Å²) in [6.45, 7) is 0. The van der Waals surface area contributed by atoms with E-state index in [4.69, 9.17) is 5.73 Å². The Morgan fingerprint density at radius 3 is 2.50 bits per heavy atom. The standard InChI is InChI=1S/C3H7NO2Se2/c4-2(1-7)3(5)8-6/h2,7-8H,1,4H2/t2-/m0/s1. The van der Waals surface area contributed by atoms with Crippen molar-refractivity contribution in [3.63, 3.8) is 0 Å². The van der Waals surface area contributed by atoms with E-state index in [1.165, 1.54) is 0 Å². The first-order valence-electron chi connectivity index (χ1n) is 1.96. The van der Waals surface area contributed by atoms with Crippen LogP contribution in [0.25, 0.3) is 0 Å². The van der Waals surface area contributed by atoms with Crippen LogP contribution in [0.2, 0.25) is 5.32 Å². The van der Waals surface area contributed by atoms with Crippen LogP contribution in [0.3, 0.4) is 0 Å². The van der Waals surface area contributed by atoms with Gasteiger partial charge < -0.3 is 0 Å². The Labute approximate surface area is 61.6 Å². The predicted molar refractivity (Wildman–Crippen MR) is 32.8 cm³/mol. The number of nitrogens with two attached hydrogens (primary N) is 1. The molecule has 0 aliphatic carbocycles. The van der Waals surface area contributed by atoms with E-state index in [0.717, 1.165) is 0 Å². The second-order valence-corrected chi connectivity index (χ2v) is 3.29. The van der Waals surface area contributed by atoms with Gasteiger partial charge in [0.25, 0.3) is 0 Å². The molecule has 0 bridgehead atoms. The summed E-state index contributed by atoms with van der Waals surface area (Å²) >= 11 is 0.786. The van der Waals surface area contributed by atoms with E-state index < -0.39 is 20.9 Å². The van der Waals surface area contributed by atoms with Crippen molar-refractivity contribution in [2.45, 2.75) is 11.4 Å². The van der Waals surface area contributed by atoms with Gasteiger partial charge in [-0.15, -0.1) is 0 Å². The third-order valence-corrected chi connectivity index (χ3v) is 2.50. The molecule has 0 saturated carbocycles. The van der Waals surface area contributed by atoms with Crippen LogP contribution in [0, 0.1) is 0 Å². The van der Waals surface area contributed by atoms with Crippen molar-refractivity contribution in [3.8, 4) is 0 Å². The van der Waals surface area contributed by atoms with Crippen LogP contribution in [0.15, 0.2) is 0 Å². The zero-order chi connectivity index (χ0) is 6.57. The molecule has 8 heavy (non-hydrogen) atoms. The van der Waals surface area contributed by atoms with Gasteiger partial charge in [0.1, 0.15) is 0 Å². The maximum atomic E-state index is 10.3. The molecule has 0 aromatic carbocycles. The van der Waals surface area contributed by atoms with E-state index in [-0.39, 0.29) is 4.68 Å². The Kier molecular flexibility index (Phi) is 4.61. The molecule has 0 rings (SSSR count). The van der Waals surface area contributed by atoms with Gasteiger partial charge in [0.2, 0.25) is 0 Å². The molecule has 0 saturated heterocycles. The second-order valence-electron chi connectivity index (χ2n) is 1.22. The van der Waals surface area contributed by atoms with Crippen molar-refractivity contribution in [2.75, 3.05) is 0 Å². The molecule has 0 aliphatic rings. The molecule has 0 aliphatic heterocycles. The number of carbonyl (C=O) groups is 1. The molecule has 0 fully saturated rings. The average Bonchev–Trinajstić information content (AvgIpc) is 1.84. The number of hydrogen-bond acceptors (Lipinski definition) is 3. The van der Waals surface area contributed by atoms with Crippen molar-refractivity contribution < 1.29 is 8.63 Å². The summed E-state index contributed by atoms with van der Waals surface area (Å²) in [6, 6.07) is -0.521. The Hall–Kier alpha value is 0.469. The first kappa shape index (κ1) is 8.47. The van der Waals surface area contributed by atoms with Crippen LogP contribution in [0.4, 0.5) is 0 Å². The summed E-state index contributed by atoms with van der Waals surface area (Å²) in [4.78, 5) is 10.3. The van der Waals surface area contributed by atoms with Gasteiger partial charge in [-0.2, -0.15) is 0 Å². The molecular formula is C3H7NO2Se2. The van der Waals surface area contributed by atoms with Gasteiger partial charge >= 0.3 is 61.3 Å². The van der Waals surface area contributed by atoms with Crippen molar-refractivity contribution >= 4 is 35.6 Å². The molecule has 0 spiro atoms. The molecule has 48 valence electrons. The van der Waals surface area contributed by atoms with Gasteiger partial charge in [0, 0.05) is 0 Å². The molecule has 2 N–H and O–H groups in total. The molecule has 1 atom stereocenters. The summed E-state index contributed by atoms with van der Waals surface area (Å²) in [7, 11) is 0. The zero-order valence-electron chi connectivity index (χ0n) is 4.07. The van der Waals surface area contributed by atoms with Gasteiger partial charge in [-0.05, 0) is 0 Å². The van der Waals surface area contributed by atoms with Crippen molar-refractivity contribution in [2.24, 2.45) is 5.73 Å². The Bertz CT molecular complexity index is 105. The van der Waals surface area contributed by atoms with Gasteiger partial charge in [0.15, 0.2) is 0 Å². The molecule has 0 radical (unpaired) electrons. The minimum atomic E-state index is -1.40. The first-order chi connectivity index (χ1) is 3.72. The summed E-state index contributed by atoms with van der Waals surface area (Å²) in [5.41, 5.74) is 5.19. The van der Waals surface area contributed by atoms with E-state index in [9.17, 15) is 8.63 Å². The summed E-state index contributed by atoms with van der Waals surface area (Å²) in [5, 5.41) is 0.518. The van der Waals surface area contributed by atoms with Gasteiger partial charge in [0.05, 0.1) is 0 Å². The van der Waals surface area contributed by atoms with Crippen LogP contribution in [-0.4, -0.2) is 41.6 Å². The quantitative estimate of drug-likeness (QED) is 0.583. The monoisotopic (exact) mass is 249 g/mol. The Morgan fingerprint density at radius 2 is 2.38 bits per heavy atom. The van der Waals surface area contributed by atoms with Crippen LogP contribution in [0.1, 0.15) is 0 Å². The minimum absolute atomic E-state index is 0.318.